The zero-order valence-corrected chi connectivity index (χ0v) is 24.6. The highest BCUT2D eigenvalue weighted by Crippen LogP contribution is 2.29. The average molecular weight is 677 g/mol. The van der Waals surface area contributed by atoms with E-state index in [-0.39, 0.29) is 0 Å². The third kappa shape index (κ3) is 12.8. The fourth-order valence-electron chi connectivity index (χ4n) is 3.50. The molecule has 0 amide bonds. The lowest BCUT2D eigenvalue weighted by Gasteiger charge is -2.29. The summed E-state index contributed by atoms with van der Waals surface area (Å²) < 4.78 is 200. The summed E-state index contributed by atoms with van der Waals surface area (Å²) in [5, 5.41) is -14.0. The van der Waals surface area contributed by atoms with E-state index < -0.39 is 131 Å². The number of hydrogen-bond donors (Lipinski definition) is 4. The maximum atomic E-state index is 11.9. The minimum absolute atomic E-state index is 0.503. The average Bonchev–Trinajstić information content (AvgIpc) is 2.62. The number of hydrogen-bond acceptors (Lipinski definition) is 14. The number of rotatable bonds is 17. The fourth-order valence-corrected chi connectivity index (χ4v) is 9.31. The fraction of sp³-hybridized carbons (Fsp3) is 1.00. The molecular formula is C14H28O18S6-2. The molecule has 0 fully saturated rings. The van der Waals surface area contributed by atoms with Crippen LogP contribution in [0.25, 0.3) is 0 Å². The molecule has 0 aromatic heterocycles. The molecule has 0 spiro atoms. The van der Waals surface area contributed by atoms with Crippen LogP contribution >= 0.6 is 0 Å². The molecule has 0 aliphatic rings. The standard InChI is InChI=1S/C14H30O18S6/c1-3-10(34(18,19)20)5-12(36(24,25)26)7-14(38(30,31)32)8-13(37(27,28)29)6-11(35(21,22)23)4-9(2)33(15,16)17/h9-14H,3-8H2,1-2H3,(H,15,16,17)(H,18,19,20)(H,21,22,23)(H,24,25,26)(H,27,28,29)(H,30,31,32)/p-2. The van der Waals surface area contributed by atoms with Gasteiger partial charge in [0.2, 0.25) is 0 Å². The van der Waals surface area contributed by atoms with Crippen molar-refractivity contribution in [3.05, 3.63) is 0 Å². The van der Waals surface area contributed by atoms with Gasteiger partial charge in [0.15, 0.2) is 0 Å². The second-order valence-electron chi connectivity index (χ2n) is 8.55. The molecule has 0 aromatic carbocycles. The Balaban J connectivity index is 6.53. The highest BCUT2D eigenvalue weighted by molar-refractivity contribution is 7.89. The highest BCUT2D eigenvalue weighted by Gasteiger charge is 2.41. The van der Waals surface area contributed by atoms with E-state index in [0.29, 0.717) is 0 Å². The Bertz CT molecular complexity index is 1460. The molecule has 6 unspecified atom stereocenters. The normalized spacial score (nSPS) is 19.3. The molecular weight excluding hydrogens is 649 g/mol. The summed E-state index contributed by atoms with van der Waals surface area (Å²) in [5.41, 5.74) is 0. The smallest absolute Gasteiger partial charge is 0.267 e. The van der Waals surface area contributed by atoms with Crippen LogP contribution < -0.4 is 0 Å². The van der Waals surface area contributed by atoms with Gasteiger partial charge < -0.3 is 9.11 Å². The van der Waals surface area contributed by atoms with Gasteiger partial charge in [0, 0.05) is 0 Å². The van der Waals surface area contributed by atoms with Gasteiger partial charge in [-0.15, -0.1) is 0 Å². The SMILES string of the molecule is CCC(CC(CC(CC(CC(CC(C)S(=O)(=O)O)S(=O)(=O)[O-])S(=O)(=O)O)S(=O)(=O)O)S(=O)(=O)O)S(=O)(=O)[O-]. The lowest BCUT2D eigenvalue weighted by molar-refractivity contribution is 0.404. The van der Waals surface area contributed by atoms with Crippen LogP contribution in [0.15, 0.2) is 0 Å². The van der Waals surface area contributed by atoms with Gasteiger partial charge in [-0.1, -0.05) is 6.92 Å². The van der Waals surface area contributed by atoms with Gasteiger partial charge in [-0.25, -0.2) is 16.8 Å². The first-order chi connectivity index (χ1) is 16.5. The van der Waals surface area contributed by atoms with Crippen molar-refractivity contribution in [2.75, 3.05) is 0 Å². The zero-order valence-electron chi connectivity index (χ0n) is 19.7. The topological polar surface area (TPSA) is 332 Å². The Morgan fingerprint density at radius 2 is 0.737 bits per heavy atom. The van der Waals surface area contributed by atoms with Crippen LogP contribution in [0, 0.1) is 0 Å². The summed E-state index contributed by atoms with van der Waals surface area (Å²) in [6.07, 6.45) is -7.40. The Kier molecular flexibility index (Phi) is 12.8. The molecule has 0 heterocycles. The Labute approximate surface area is 221 Å². The van der Waals surface area contributed by atoms with Gasteiger partial charge in [-0.05, 0) is 45.4 Å². The van der Waals surface area contributed by atoms with Gasteiger partial charge in [0.1, 0.15) is 0 Å². The predicted molar refractivity (Wildman–Crippen MR) is 127 cm³/mol. The van der Waals surface area contributed by atoms with Crippen LogP contribution in [0.1, 0.15) is 52.4 Å². The van der Waals surface area contributed by atoms with Crippen LogP contribution in [0.5, 0.6) is 0 Å². The predicted octanol–water partition coefficient (Wildman–Crippen LogP) is -1.78. The molecule has 0 rings (SSSR count). The molecule has 230 valence electrons. The minimum Gasteiger partial charge on any atom is -0.748 e. The zero-order chi connectivity index (χ0) is 30.7. The summed E-state index contributed by atoms with van der Waals surface area (Å²) in [6, 6.07) is 0. The lowest BCUT2D eigenvalue weighted by Crippen LogP contribution is -2.40. The van der Waals surface area contributed by atoms with Crippen molar-refractivity contribution < 1.29 is 77.8 Å². The van der Waals surface area contributed by atoms with Crippen molar-refractivity contribution in [1.29, 1.82) is 0 Å². The van der Waals surface area contributed by atoms with Crippen LogP contribution in [-0.2, 0) is 60.7 Å². The summed E-state index contributed by atoms with van der Waals surface area (Å²) in [7, 11) is -32.1. The van der Waals surface area contributed by atoms with Crippen molar-refractivity contribution in [3.8, 4) is 0 Å². The Hall–Kier alpha value is -0.540. The largest absolute Gasteiger partial charge is 0.748 e. The molecule has 4 N–H and O–H groups in total. The van der Waals surface area contributed by atoms with Crippen LogP contribution in [0.2, 0.25) is 0 Å². The molecule has 0 bridgehead atoms. The van der Waals surface area contributed by atoms with Crippen LogP contribution in [-0.4, -0.2) is 109 Å². The molecule has 0 aliphatic carbocycles. The summed E-state index contributed by atoms with van der Waals surface area (Å²) in [4.78, 5) is 0. The lowest BCUT2D eigenvalue weighted by atomic mass is 10.0. The van der Waals surface area contributed by atoms with Crippen molar-refractivity contribution >= 4 is 60.7 Å². The first-order valence-corrected chi connectivity index (χ1v) is 19.2. The maximum Gasteiger partial charge on any atom is 0.267 e. The van der Waals surface area contributed by atoms with Gasteiger partial charge in [0.25, 0.3) is 40.5 Å². The van der Waals surface area contributed by atoms with Crippen molar-refractivity contribution in [2.45, 2.75) is 83.9 Å². The van der Waals surface area contributed by atoms with E-state index in [1.807, 2.05) is 0 Å². The van der Waals surface area contributed by atoms with E-state index >= 15 is 0 Å². The van der Waals surface area contributed by atoms with Crippen molar-refractivity contribution in [2.24, 2.45) is 0 Å². The van der Waals surface area contributed by atoms with E-state index in [1.54, 1.807) is 0 Å². The second kappa shape index (κ2) is 13.0. The monoisotopic (exact) mass is 676 g/mol. The third-order valence-electron chi connectivity index (χ3n) is 5.74. The third-order valence-corrected chi connectivity index (χ3v) is 13.2. The summed E-state index contributed by atoms with van der Waals surface area (Å²) in [6.45, 7) is 1.87. The summed E-state index contributed by atoms with van der Waals surface area (Å²) in [5.74, 6) is 0. The quantitative estimate of drug-likeness (QED) is 0.124. The van der Waals surface area contributed by atoms with Crippen molar-refractivity contribution in [3.63, 3.8) is 0 Å². The van der Waals surface area contributed by atoms with E-state index in [4.69, 9.17) is 4.55 Å². The molecule has 0 aliphatic heterocycles. The summed E-state index contributed by atoms with van der Waals surface area (Å²) >= 11 is 0. The van der Waals surface area contributed by atoms with E-state index in [9.17, 15) is 73.3 Å². The van der Waals surface area contributed by atoms with Gasteiger partial charge >= 0.3 is 0 Å². The van der Waals surface area contributed by atoms with Gasteiger partial charge in [-0.2, -0.15) is 33.7 Å². The molecule has 24 heteroatoms. The van der Waals surface area contributed by atoms with E-state index in [0.717, 1.165) is 13.8 Å². The Morgan fingerprint density at radius 1 is 0.474 bits per heavy atom. The van der Waals surface area contributed by atoms with Crippen LogP contribution in [0.4, 0.5) is 0 Å². The van der Waals surface area contributed by atoms with Crippen molar-refractivity contribution in [1.82, 2.24) is 0 Å². The molecule has 0 saturated heterocycles. The molecule has 0 radical (unpaired) electrons. The molecule has 18 nitrogen and oxygen atoms in total. The Morgan fingerprint density at radius 3 is 0.947 bits per heavy atom. The van der Waals surface area contributed by atoms with Crippen LogP contribution in [0.3, 0.4) is 0 Å². The molecule has 6 atom stereocenters. The highest BCUT2D eigenvalue weighted by atomic mass is 32.2. The van der Waals surface area contributed by atoms with E-state index in [1.165, 1.54) is 0 Å². The molecule has 38 heavy (non-hydrogen) atoms. The van der Waals surface area contributed by atoms with Gasteiger partial charge in [-0.3, -0.25) is 18.2 Å². The van der Waals surface area contributed by atoms with Gasteiger partial charge in [0.05, 0.1) is 51.7 Å². The van der Waals surface area contributed by atoms with E-state index in [2.05, 4.69) is 0 Å². The maximum absolute atomic E-state index is 11.9. The molecule has 0 saturated carbocycles. The minimum atomic E-state index is -5.58. The first kappa shape index (κ1) is 37.5. The molecule has 0 aromatic rings. The second-order valence-corrected chi connectivity index (χ2v) is 18.8. The first-order valence-electron chi connectivity index (χ1n) is 10.3.